The van der Waals surface area contributed by atoms with E-state index in [9.17, 15) is 4.79 Å². The zero-order valence-corrected chi connectivity index (χ0v) is 17.0. The maximum Gasteiger partial charge on any atom is 0.274 e. The fraction of sp³-hybridized carbons (Fsp3) is 0.476. The van der Waals surface area contributed by atoms with E-state index in [4.69, 9.17) is 11.6 Å². The van der Waals surface area contributed by atoms with E-state index in [1.807, 2.05) is 36.1 Å². The number of nitrogens with zero attached hydrogens (tertiary/aromatic N) is 5. The van der Waals surface area contributed by atoms with Gasteiger partial charge in [-0.15, -0.1) is 10.2 Å². The molecule has 1 amide bonds. The Morgan fingerprint density at radius 3 is 2.43 bits per heavy atom. The predicted octanol–water partition coefficient (Wildman–Crippen LogP) is 3.39. The first kappa shape index (κ1) is 19.0. The van der Waals surface area contributed by atoms with Crippen LogP contribution in [0, 0.1) is 6.92 Å². The number of hydrogen-bond acceptors (Lipinski definition) is 5. The predicted molar refractivity (Wildman–Crippen MR) is 112 cm³/mol. The van der Waals surface area contributed by atoms with E-state index in [2.05, 4.69) is 26.1 Å². The van der Waals surface area contributed by atoms with E-state index in [0.717, 1.165) is 61.2 Å². The van der Waals surface area contributed by atoms with Crippen molar-refractivity contribution in [2.45, 2.75) is 26.2 Å². The number of hydrogen-bond donors (Lipinski definition) is 0. The normalized spacial score (nSPS) is 17.7. The highest BCUT2D eigenvalue weighted by molar-refractivity contribution is 6.31. The largest absolute Gasteiger partial charge is 0.369 e. The molecule has 2 aromatic rings. The maximum atomic E-state index is 12.9. The molecule has 0 aliphatic carbocycles. The Morgan fingerprint density at radius 2 is 1.68 bits per heavy atom. The zero-order chi connectivity index (χ0) is 19.5. The standard InChI is InChI=1S/C21H26ClN5O/c1-16-17(22)6-4-7-19(16)25-12-5-13-27(15-14-25)21(28)18-8-9-20(24-23-18)26-10-2-3-11-26/h4,6-9H,2-3,5,10-15H2,1H3. The van der Waals surface area contributed by atoms with Crippen molar-refractivity contribution in [2.24, 2.45) is 0 Å². The second-order valence-electron chi connectivity index (χ2n) is 7.49. The number of amides is 1. The molecule has 0 bridgehead atoms. The van der Waals surface area contributed by atoms with Gasteiger partial charge >= 0.3 is 0 Å². The van der Waals surface area contributed by atoms with Crippen molar-refractivity contribution in [2.75, 3.05) is 49.1 Å². The number of halogens is 1. The van der Waals surface area contributed by atoms with Gasteiger partial charge in [0.05, 0.1) is 0 Å². The first-order chi connectivity index (χ1) is 13.6. The van der Waals surface area contributed by atoms with Crippen molar-refractivity contribution >= 4 is 29.0 Å². The van der Waals surface area contributed by atoms with Crippen LogP contribution in [0.1, 0.15) is 35.3 Å². The molecule has 0 saturated carbocycles. The third-order valence-electron chi connectivity index (χ3n) is 5.66. The van der Waals surface area contributed by atoms with Crippen molar-refractivity contribution in [1.29, 1.82) is 0 Å². The van der Waals surface area contributed by atoms with Crippen LogP contribution in [0.2, 0.25) is 5.02 Å². The minimum atomic E-state index is -0.0369. The van der Waals surface area contributed by atoms with Crippen LogP contribution in [0.4, 0.5) is 11.5 Å². The lowest BCUT2D eigenvalue weighted by molar-refractivity contribution is 0.0760. The molecule has 3 heterocycles. The molecule has 1 aromatic carbocycles. The van der Waals surface area contributed by atoms with Gasteiger partial charge in [-0.1, -0.05) is 17.7 Å². The van der Waals surface area contributed by atoms with E-state index in [0.29, 0.717) is 12.2 Å². The van der Waals surface area contributed by atoms with Gasteiger partial charge in [0.25, 0.3) is 5.91 Å². The number of anilines is 2. The summed E-state index contributed by atoms with van der Waals surface area (Å²) in [7, 11) is 0. The van der Waals surface area contributed by atoms with E-state index in [-0.39, 0.29) is 5.91 Å². The van der Waals surface area contributed by atoms with Crippen LogP contribution in [0.3, 0.4) is 0 Å². The molecule has 2 saturated heterocycles. The van der Waals surface area contributed by atoms with E-state index < -0.39 is 0 Å². The second-order valence-corrected chi connectivity index (χ2v) is 7.89. The SMILES string of the molecule is Cc1c(Cl)cccc1N1CCCN(C(=O)c2ccc(N3CCCC3)nn2)CC1. The molecule has 0 unspecified atom stereocenters. The summed E-state index contributed by atoms with van der Waals surface area (Å²) in [4.78, 5) is 19.3. The summed E-state index contributed by atoms with van der Waals surface area (Å²) in [5.74, 6) is 0.831. The fourth-order valence-electron chi connectivity index (χ4n) is 4.02. The van der Waals surface area contributed by atoms with Crippen LogP contribution in [0.5, 0.6) is 0 Å². The molecule has 2 fully saturated rings. The van der Waals surface area contributed by atoms with Crippen LogP contribution in [0.15, 0.2) is 30.3 Å². The smallest absolute Gasteiger partial charge is 0.274 e. The molecule has 0 atom stereocenters. The number of benzene rings is 1. The molecule has 4 rings (SSSR count). The Kier molecular flexibility index (Phi) is 5.67. The molecule has 0 radical (unpaired) electrons. The molecule has 28 heavy (non-hydrogen) atoms. The molecule has 6 nitrogen and oxygen atoms in total. The third kappa shape index (κ3) is 3.92. The number of carbonyl (C=O) groups is 1. The first-order valence-electron chi connectivity index (χ1n) is 10.0. The second kappa shape index (κ2) is 8.35. The van der Waals surface area contributed by atoms with Gasteiger partial charge in [0, 0.05) is 50.0 Å². The topological polar surface area (TPSA) is 52.6 Å². The van der Waals surface area contributed by atoms with Crippen molar-refractivity contribution in [1.82, 2.24) is 15.1 Å². The van der Waals surface area contributed by atoms with E-state index in [1.165, 1.54) is 12.8 Å². The zero-order valence-electron chi connectivity index (χ0n) is 16.3. The minimum absolute atomic E-state index is 0.0369. The van der Waals surface area contributed by atoms with Gasteiger partial charge in [-0.25, -0.2) is 0 Å². The number of rotatable bonds is 3. The maximum absolute atomic E-state index is 12.9. The summed E-state index contributed by atoms with van der Waals surface area (Å²) in [6, 6.07) is 9.73. The van der Waals surface area contributed by atoms with Crippen molar-refractivity contribution in [3.63, 3.8) is 0 Å². The highest BCUT2D eigenvalue weighted by atomic mass is 35.5. The van der Waals surface area contributed by atoms with Crippen LogP contribution in [-0.4, -0.2) is 60.3 Å². The highest BCUT2D eigenvalue weighted by Gasteiger charge is 2.23. The molecule has 2 aliphatic rings. The molecular weight excluding hydrogens is 374 g/mol. The Bertz CT molecular complexity index is 835. The van der Waals surface area contributed by atoms with Crippen LogP contribution < -0.4 is 9.80 Å². The van der Waals surface area contributed by atoms with Gasteiger partial charge in [0.15, 0.2) is 11.5 Å². The fourth-order valence-corrected chi connectivity index (χ4v) is 4.19. The number of carbonyl (C=O) groups excluding carboxylic acids is 1. The van der Waals surface area contributed by atoms with Gasteiger partial charge in [0.2, 0.25) is 0 Å². The van der Waals surface area contributed by atoms with Crippen LogP contribution in [0.25, 0.3) is 0 Å². The molecule has 0 N–H and O–H groups in total. The lowest BCUT2D eigenvalue weighted by Crippen LogP contribution is -2.36. The Hall–Kier alpha value is -2.34. The average Bonchev–Trinajstić information content (AvgIpc) is 3.15. The summed E-state index contributed by atoms with van der Waals surface area (Å²) in [6.07, 6.45) is 3.30. The van der Waals surface area contributed by atoms with Gasteiger partial charge in [0.1, 0.15) is 0 Å². The van der Waals surface area contributed by atoms with Crippen LogP contribution >= 0.6 is 11.6 Å². The third-order valence-corrected chi connectivity index (χ3v) is 6.07. The van der Waals surface area contributed by atoms with Gasteiger partial charge in [-0.2, -0.15) is 0 Å². The van der Waals surface area contributed by atoms with Crippen molar-refractivity contribution < 1.29 is 4.79 Å². The van der Waals surface area contributed by atoms with Gasteiger partial charge < -0.3 is 14.7 Å². The minimum Gasteiger partial charge on any atom is -0.369 e. The number of aromatic nitrogens is 2. The van der Waals surface area contributed by atoms with E-state index >= 15 is 0 Å². The van der Waals surface area contributed by atoms with Crippen LogP contribution in [-0.2, 0) is 0 Å². The Balaban J connectivity index is 1.42. The Morgan fingerprint density at radius 1 is 0.893 bits per heavy atom. The summed E-state index contributed by atoms with van der Waals surface area (Å²) >= 11 is 6.28. The van der Waals surface area contributed by atoms with Crippen molar-refractivity contribution in [3.05, 3.63) is 46.6 Å². The monoisotopic (exact) mass is 399 g/mol. The summed E-state index contributed by atoms with van der Waals surface area (Å²) in [5.41, 5.74) is 2.67. The molecule has 2 aliphatic heterocycles. The first-order valence-corrected chi connectivity index (χ1v) is 10.4. The molecule has 7 heteroatoms. The molecular formula is C21H26ClN5O. The lowest BCUT2D eigenvalue weighted by Gasteiger charge is -2.25. The summed E-state index contributed by atoms with van der Waals surface area (Å²) < 4.78 is 0. The quantitative estimate of drug-likeness (QED) is 0.791. The molecule has 0 spiro atoms. The van der Waals surface area contributed by atoms with Gasteiger partial charge in [-0.05, 0) is 56.0 Å². The van der Waals surface area contributed by atoms with E-state index in [1.54, 1.807) is 0 Å². The average molecular weight is 400 g/mol. The molecule has 1 aromatic heterocycles. The highest BCUT2D eigenvalue weighted by Crippen LogP contribution is 2.27. The lowest BCUT2D eigenvalue weighted by atomic mass is 10.1. The van der Waals surface area contributed by atoms with Crippen molar-refractivity contribution in [3.8, 4) is 0 Å². The summed E-state index contributed by atoms with van der Waals surface area (Å²) in [6.45, 7) is 7.17. The summed E-state index contributed by atoms with van der Waals surface area (Å²) in [5, 5.41) is 9.29. The molecule has 148 valence electrons. The Labute approximate surface area is 171 Å². The van der Waals surface area contributed by atoms with Gasteiger partial charge in [-0.3, -0.25) is 4.79 Å².